The van der Waals surface area contributed by atoms with Crippen LogP contribution < -0.4 is 0 Å². The molecule has 0 aliphatic rings. The molecular formula is C16H30O4. The van der Waals surface area contributed by atoms with Gasteiger partial charge in [0.1, 0.15) is 0 Å². The van der Waals surface area contributed by atoms with E-state index in [9.17, 15) is 19.8 Å². The van der Waals surface area contributed by atoms with Crippen molar-refractivity contribution < 1.29 is 19.8 Å². The van der Waals surface area contributed by atoms with Crippen molar-refractivity contribution in [2.45, 2.75) is 79.1 Å². The van der Waals surface area contributed by atoms with Gasteiger partial charge in [0.05, 0.1) is 10.8 Å². The number of carboxylic acid groups (broad SMARTS) is 2. The van der Waals surface area contributed by atoms with Crippen molar-refractivity contribution in [1.82, 2.24) is 0 Å². The van der Waals surface area contributed by atoms with Crippen LogP contribution in [0.15, 0.2) is 0 Å². The van der Waals surface area contributed by atoms with Crippen LogP contribution in [0.25, 0.3) is 0 Å². The Morgan fingerprint density at radius 3 is 1.20 bits per heavy atom. The van der Waals surface area contributed by atoms with Crippen molar-refractivity contribution in [3.63, 3.8) is 0 Å². The summed E-state index contributed by atoms with van der Waals surface area (Å²) < 4.78 is 0. The maximum absolute atomic E-state index is 12.0. The summed E-state index contributed by atoms with van der Waals surface area (Å²) in [4.78, 5) is 23.9. The summed E-state index contributed by atoms with van der Waals surface area (Å²) in [6.07, 6.45) is 4.88. The van der Waals surface area contributed by atoms with Crippen molar-refractivity contribution in [3.05, 3.63) is 0 Å². The molecule has 0 aromatic rings. The Labute approximate surface area is 122 Å². The fourth-order valence-electron chi connectivity index (χ4n) is 3.39. The summed E-state index contributed by atoms with van der Waals surface area (Å²) in [5.41, 5.74) is -2.31. The lowest BCUT2D eigenvalue weighted by molar-refractivity contribution is -0.178. The van der Waals surface area contributed by atoms with Gasteiger partial charge in [-0.2, -0.15) is 0 Å². The standard InChI is InChI=1S/C16H30O4/c1-5-9-11-15(7-3,13(17)18)16(8-4,14(19)20)12-10-6-2/h5-12H2,1-4H3,(H,17,18)(H,19,20). The molecule has 4 heteroatoms. The average Bonchev–Trinajstić information content (AvgIpc) is 2.42. The van der Waals surface area contributed by atoms with Gasteiger partial charge in [0, 0.05) is 0 Å². The van der Waals surface area contributed by atoms with Gasteiger partial charge in [-0.1, -0.05) is 53.4 Å². The van der Waals surface area contributed by atoms with Crippen molar-refractivity contribution >= 4 is 11.9 Å². The molecule has 0 heterocycles. The van der Waals surface area contributed by atoms with E-state index >= 15 is 0 Å². The third kappa shape index (κ3) is 3.33. The molecule has 0 fully saturated rings. The maximum atomic E-state index is 12.0. The van der Waals surface area contributed by atoms with Gasteiger partial charge in [0.25, 0.3) is 0 Å². The molecule has 0 aliphatic carbocycles. The third-order valence-corrected chi connectivity index (χ3v) is 4.86. The Kier molecular flexibility index (Phi) is 7.84. The highest BCUT2D eigenvalue weighted by Gasteiger charge is 2.58. The second-order valence-electron chi connectivity index (χ2n) is 5.69. The SMILES string of the molecule is CCCCC(CC)(C(=O)O)C(CC)(CCCC)C(=O)O. The zero-order chi connectivity index (χ0) is 15.8. The lowest BCUT2D eigenvalue weighted by Gasteiger charge is -2.44. The van der Waals surface area contributed by atoms with Crippen molar-refractivity contribution in [3.8, 4) is 0 Å². The fraction of sp³-hybridized carbons (Fsp3) is 0.875. The highest BCUT2D eigenvalue weighted by atomic mass is 16.4. The molecule has 0 aliphatic heterocycles. The molecule has 0 spiro atoms. The summed E-state index contributed by atoms with van der Waals surface area (Å²) in [5, 5.41) is 19.6. The number of carboxylic acids is 2. The number of aliphatic carboxylic acids is 2. The molecule has 2 N–H and O–H groups in total. The van der Waals surface area contributed by atoms with E-state index in [0.717, 1.165) is 25.7 Å². The van der Waals surface area contributed by atoms with Crippen LogP contribution in [-0.4, -0.2) is 22.2 Å². The van der Waals surface area contributed by atoms with Gasteiger partial charge >= 0.3 is 11.9 Å². The van der Waals surface area contributed by atoms with Crippen molar-refractivity contribution in [1.29, 1.82) is 0 Å². The summed E-state index contributed by atoms with van der Waals surface area (Å²) in [6.45, 7) is 7.62. The topological polar surface area (TPSA) is 74.6 Å². The first-order valence-electron chi connectivity index (χ1n) is 7.85. The van der Waals surface area contributed by atoms with Crippen molar-refractivity contribution in [2.75, 3.05) is 0 Å². The Bertz CT molecular complexity index is 294. The number of hydrogen-bond donors (Lipinski definition) is 2. The largest absolute Gasteiger partial charge is 0.481 e. The Hall–Kier alpha value is -1.06. The quantitative estimate of drug-likeness (QED) is 0.593. The summed E-state index contributed by atoms with van der Waals surface area (Å²) >= 11 is 0. The minimum atomic E-state index is -1.15. The zero-order valence-electron chi connectivity index (χ0n) is 13.4. The van der Waals surface area contributed by atoms with Gasteiger partial charge in [-0.25, -0.2) is 0 Å². The van der Waals surface area contributed by atoms with E-state index in [1.807, 2.05) is 27.7 Å². The summed E-state index contributed by atoms with van der Waals surface area (Å²) in [6, 6.07) is 0. The van der Waals surface area contributed by atoms with Crippen molar-refractivity contribution in [2.24, 2.45) is 10.8 Å². The number of rotatable bonds is 11. The first-order valence-corrected chi connectivity index (χ1v) is 7.85. The second kappa shape index (κ2) is 8.28. The molecule has 2 unspecified atom stereocenters. The second-order valence-corrected chi connectivity index (χ2v) is 5.69. The smallest absolute Gasteiger partial charge is 0.310 e. The highest BCUT2D eigenvalue weighted by Crippen LogP contribution is 2.52. The van der Waals surface area contributed by atoms with Crippen LogP contribution in [0.3, 0.4) is 0 Å². The van der Waals surface area contributed by atoms with E-state index in [0.29, 0.717) is 25.7 Å². The van der Waals surface area contributed by atoms with E-state index in [1.54, 1.807) is 0 Å². The monoisotopic (exact) mass is 286 g/mol. The van der Waals surface area contributed by atoms with Gasteiger partial charge in [-0.3, -0.25) is 9.59 Å². The van der Waals surface area contributed by atoms with E-state index in [4.69, 9.17) is 0 Å². The van der Waals surface area contributed by atoms with E-state index < -0.39 is 22.8 Å². The molecule has 20 heavy (non-hydrogen) atoms. The fourth-order valence-corrected chi connectivity index (χ4v) is 3.39. The Balaban J connectivity index is 5.82. The molecule has 118 valence electrons. The van der Waals surface area contributed by atoms with Gasteiger partial charge < -0.3 is 10.2 Å². The van der Waals surface area contributed by atoms with Crippen LogP contribution in [0, 0.1) is 10.8 Å². The molecule has 0 rings (SSSR count). The molecule has 0 aromatic heterocycles. The first-order chi connectivity index (χ1) is 9.38. The Morgan fingerprint density at radius 1 is 0.750 bits per heavy atom. The molecule has 0 bridgehead atoms. The Morgan fingerprint density at radius 2 is 1.05 bits per heavy atom. The molecule has 0 saturated heterocycles. The number of unbranched alkanes of at least 4 members (excludes halogenated alkanes) is 2. The number of hydrogen-bond acceptors (Lipinski definition) is 2. The average molecular weight is 286 g/mol. The highest BCUT2D eigenvalue weighted by molar-refractivity contribution is 5.86. The van der Waals surface area contributed by atoms with Crippen LogP contribution in [0.1, 0.15) is 79.1 Å². The van der Waals surface area contributed by atoms with Gasteiger partial charge in [-0.15, -0.1) is 0 Å². The van der Waals surface area contributed by atoms with Gasteiger partial charge in [0.15, 0.2) is 0 Å². The molecule has 0 amide bonds. The number of carbonyl (C=O) groups is 2. The molecule has 0 aromatic carbocycles. The van der Waals surface area contributed by atoms with E-state index in [-0.39, 0.29) is 0 Å². The predicted octanol–water partition coefficient (Wildman–Crippen LogP) is 4.33. The minimum Gasteiger partial charge on any atom is -0.481 e. The normalized spacial score (nSPS) is 17.2. The molecule has 0 saturated carbocycles. The summed E-state index contributed by atoms with van der Waals surface area (Å²) in [7, 11) is 0. The zero-order valence-corrected chi connectivity index (χ0v) is 13.4. The van der Waals surface area contributed by atoms with Gasteiger partial charge in [-0.05, 0) is 25.7 Å². The lowest BCUT2D eigenvalue weighted by atomic mass is 9.56. The van der Waals surface area contributed by atoms with Crippen LogP contribution >= 0.6 is 0 Å². The first kappa shape index (κ1) is 18.9. The van der Waals surface area contributed by atoms with E-state index in [1.165, 1.54) is 0 Å². The van der Waals surface area contributed by atoms with Gasteiger partial charge in [0.2, 0.25) is 0 Å². The van der Waals surface area contributed by atoms with Crippen LogP contribution in [0.2, 0.25) is 0 Å². The van der Waals surface area contributed by atoms with E-state index in [2.05, 4.69) is 0 Å². The van der Waals surface area contributed by atoms with Crippen LogP contribution in [0.5, 0.6) is 0 Å². The molecule has 2 atom stereocenters. The third-order valence-electron chi connectivity index (χ3n) is 4.86. The predicted molar refractivity (Wildman–Crippen MR) is 79.8 cm³/mol. The molecular weight excluding hydrogens is 256 g/mol. The van der Waals surface area contributed by atoms with Crippen LogP contribution in [0.4, 0.5) is 0 Å². The molecule has 0 radical (unpaired) electrons. The van der Waals surface area contributed by atoms with Crippen LogP contribution in [-0.2, 0) is 9.59 Å². The maximum Gasteiger partial charge on any atom is 0.310 e. The summed E-state index contributed by atoms with van der Waals surface area (Å²) in [5.74, 6) is -1.90. The lowest BCUT2D eigenvalue weighted by Crippen LogP contribution is -2.52. The molecule has 4 nitrogen and oxygen atoms in total. The minimum absolute atomic E-state index is 0.367.